The Bertz CT molecular complexity index is 9440. The Hall–Kier alpha value is -16.7. The molecule has 8 heterocycles. The number of benzene rings is 20. The van der Waals surface area contributed by atoms with Crippen LogP contribution in [0.15, 0.2) is 417 Å². The molecule has 584 valence electrons. The maximum Gasteiger partial charge on any atom is 0.135 e. The monoisotopic (exact) mass is 1620 g/mol. The van der Waals surface area contributed by atoms with Gasteiger partial charge in [-0.25, -0.2) is 19.9 Å². The van der Waals surface area contributed by atoms with Gasteiger partial charge in [0.25, 0.3) is 0 Å². The number of furan rings is 1. The molecule has 20 aromatic carbocycles. The third-order valence-electron chi connectivity index (χ3n) is 26.2. The van der Waals surface area contributed by atoms with Gasteiger partial charge < -0.3 is 22.7 Å². The lowest BCUT2D eigenvalue weighted by Gasteiger charge is -2.16. The van der Waals surface area contributed by atoms with Crippen LogP contribution in [-0.4, -0.2) is 38.2 Å². The number of rotatable bonds is 8. The van der Waals surface area contributed by atoms with E-state index in [9.17, 15) is 0 Å². The van der Waals surface area contributed by atoms with E-state index in [2.05, 4.69) is 382 Å². The summed E-state index contributed by atoms with van der Waals surface area (Å²) in [5.74, 6) is 0. The quantitative estimate of drug-likeness (QED) is 0.151. The highest BCUT2D eigenvalue weighted by Crippen LogP contribution is 2.48. The minimum atomic E-state index is 0.839. The molecular formula is C116H68N8OS. The van der Waals surface area contributed by atoms with E-state index in [0.717, 1.165) is 133 Å². The molecule has 0 amide bonds. The Morgan fingerprint density at radius 1 is 0.190 bits per heavy atom. The van der Waals surface area contributed by atoms with Crippen LogP contribution in [0.5, 0.6) is 0 Å². The summed E-state index contributed by atoms with van der Waals surface area (Å²) in [6, 6.07) is 149. The van der Waals surface area contributed by atoms with Gasteiger partial charge in [0.05, 0.1) is 106 Å². The second-order valence-corrected chi connectivity index (χ2v) is 34.1. The van der Waals surface area contributed by atoms with Crippen molar-refractivity contribution in [2.75, 3.05) is 0 Å². The van der Waals surface area contributed by atoms with Crippen LogP contribution in [-0.2, 0) is 0 Å². The molecule has 9 nitrogen and oxygen atoms in total. The van der Waals surface area contributed by atoms with Crippen LogP contribution in [0.2, 0.25) is 0 Å². The molecule has 0 saturated heterocycles. The number of aromatic nitrogens is 8. The predicted octanol–water partition coefficient (Wildman–Crippen LogP) is 31.2. The van der Waals surface area contributed by atoms with Crippen LogP contribution in [0.25, 0.3) is 262 Å². The molecule has 0 N–H and O–H groups in total. The van der Waals surface area contributed by atoms with Gasteiger partial charge in [0, 0.05) is 118 Å². The number of fused-ring (bicyclic) bond motifs is 24. The van der Waals surface area contributed by atoms with E-state index in [1.165, 1.54) is 129 Å². The molecule has 0 fully saturated rings. The van der Waals surface area contributed by atoms with Crippen molar-refractivity contribution in [1.29, 1.82) is 0 Å². The van der Waals surface area contributed by atoms with Crippen molar-refractivity contribution >= 4 is 206 Å². The van der Waals surface area contributed by atoms with Crippen molar-refractivity contribution in [2.45, 2.75) is 0 Å². The highest BCUT2D eigenvalue weighted by molar-refractivity contribution is 7.25. The molecule has 0 bridgehead atoms. The highest BCUT2D eigenvalue weighted by atomic mass is 32.1. The molecule has 10 heteroatoms. The number of hydrogen-bond acceptors (Lipinski definition) is 6. The minimum absolute atomic E-state index is 0.839. The summed E-state index contributed by atoms with van der Waals surface area (Å²) in [7, 11) is 0. The fourth-order valence-electron chi connectivity index (χ4n) is 20.6. The molecule has 126 heavy (non-hydrogen) atoms. The maximum atomic E-state index is 6.22. The lowest BCUT2D eigenvalue weighted by Crippen LogP contribution is -1.99. The molecule has 0 aliphatic carbocycles. The van der Waals surface area contributed by atoms with Crippen molar-refractivity contribution in [3.8, 4) is 67.8 Å². The normalized spacial score (nSPS) is 12.1. The van der Waals surface area contributed by atoms with E-state index in [0.29, 0.717) is 0 Å². The van der Waals surface area contributed by atoms with Gasteiger partial charge in [0.1, 0.15) is 11.2 Å². The van der Waals surface area contributed by atoms with Crippen molar-refractivity contribution in [3.05, 3.63) is 413 Å². The second-order valence-electron chi connectivity index (χ2n) is 33.0. The molecule has 0 saturated carbocycles. The van der Waals surface area contributed by atoms with E-state index < -0.39 is 0 Å². The van der Waals surface area contributed by atoms with Gasteiger partial charge in [-0.15, -0.1) is 11.3 Å². The Balaban J connectivity index is 0.000000131. The van der Waals surface area contributed by atoms with E-state index in [-0.39, 0.29) is 0 Å². The molecular weight excluding hydrogens is 1550 g/mol. The first-order valence-electron chi connectivity index (χ1n) is 42.8. The first kappa shape index (κ1) is 70.1. The van der Waals surface area contributed by atoms with Gasteiger partial charge in [0.2, 0.25) is 0 Å². The largest absolute Gasteiger partial charge is 0.456 e. The Labute approximate surface area is 723 Å². The standard InChI is InChI=1S/C58H34N4O.C58H34N4S/c1-8-23-51-40(15-1)41-16-2-9-24-52(41)62(51)53-25-12-14-36-32-46-42-17-3-7-22-50(42)61(54(46)34-45(36)53)38-28-29-39-35(31-38)13-11-19-44(39)58-57(59-48-20-5-6-21-49(48)60-58)37-27-30-56-47(33-37)43-18-4-10-26-55(43)63-56;1-7-24-49-39(15-1)40-16-2-8-25-50(40)61(49)53-27-11-14-35-32-45-41-17-3-9-26-51(41)62(54(45)34-44(35)53)52-28-13-19-37-38(52)20-12-21-43(37)58-57(59-47-22-5-6-23-48(47)60-58)36-30-31-56-46(33-36)42-18-4-10-29-55(42)63-56/h2*1-34H. The van der Waals surface area contributed by atoms with Gasteiger partial charge in [-0.05, 0) is 185 Å². The predicted molar refractivity (Wildman–Crippen MR) is 528 cm³/mol. The number of thiophene rings is 1. The fraction of sp³-hybridized carbons (Fsp3) is 0. The van der Waals surface area contributed by atoms with Gasteiger partial charge in [-0.2, -0.15) is 0 Å². The highest BCUT2D eigenvalue weighted by Gasteiger charge is 2.26. The number of hydrogen-bond donors (Lipinski definition) is 0. The van der Waals surface area contributed by atoms with Crippen LogP contribution in [0.1, 0.15) is 0 Å². The summed E-state index contributed by atoms with van der Waals surface area (Å²) < 4.78 is 18.6. The maximum absolute atomic E-state index is 6.22. The molecule has 28 rings (SSSR count). The zero-order chi connectivity index (χ0) is 82.3. The molecule has 28 aromatic rings. The third-order valence-corrected chi connectivity index (χ3v) is 27.3. The average molecular weight is 1620 g/mol. The average Bonchev–Trinajstić information content (AvgIpc) is 1.56. The van der Waals surface area contributed by atoms with Crippen LogP contribution >= 0.6 is 11.3 Å². The third kappa shape index (κ3) is 10.6. The smallest absolute Gasteiger partial charge is 0.135 e. The van der Waals surface area contributed by atoms with Crippen molar-refractivity contribution < 1.29 is 4.42 Å². The second kappa shape index (κ2) is 27.4. The number of nitrogens with zero attached hydrogens (tertiary/aromatic N) is 8. The van der Waals surface area contributed by atoms with Gasteiger partial charge in [0.15, 0.2) is 0 Å². The first-order chi connectivity index (χ1) is 62.5. The van der Waals surface area contributed by atoms with Crippen molar-refractivity contribution in [1.82, 2.24) is 38.2 Å². The van der Waals surface area contributed by atoms with Gasteiger partial charge >= 0.3 is 0 Å². The Morgan fingerprint density at radius 3 is 1.10 bits per heavy atom. The number of para-hydroxylation sites is 11. The summed E-state index contributed by atoms with van der Waals surface area (Å²) in [4.78, 5) is 21.5. The van der Waals surface area contributed by atoms with Crippen LogP contribution in [0, 0.1) is 0 Å². The fourth-order valence-corrected chi connectivity index (χ4v) is 21.7. The van der Waals surface area contributed by atoms with Crippen molar-refractivity contribution in [3.63, 3.8) is 0 Å². The molecule has 0 aliphatic rings. The summed E-state index contributed by atoms with van der Waals surface area (Å²) in [5, 5.41) is 23.9. The Kier molecular flexibility index (Phi) is 15.3. The van der Waals surface area contributed by atoms with E-state index in [4.69, 9.17) is 24.4 Å². The summed E-state index contributed by atoms with van der Waals surface area (Å²) in [5.41, 5.74) is 26.8. The molecule has 0 atom stereocenters. The van der Waals surface area contributed by atoms with E-state index in [1.54, 1.807) is 0 Å². The lowest BCUT2D eigenvalue weighted by molar-refractivity contribution is 0.669. The first-order valence-corrected chi connectivity index (χ1v) is 43.6. The topological polar surface area (TPSA) is 84.4 Å². The molecule has 0 spiro atoms. The minimum Gasteiger partial charge on any atom is -0.456 e. The van der Waals surface area contributed by atoms with Crippen LogP contribution < -0.4 is 0 Å². The molecule has 0 aliphatic heterocycles. The van der Waals surface area contributed by atoms with E-state index in [1.807, 2.05) is 59.9 Å². The molecule has 8 aromatic heterocycles. The SMILES string of the molecule is c1cc(-c2nc3ccccc3nc2-c2ccc3oc4ccccc4c3c2)c2ccc(-n3c4ccccc4c4cc5cccc(-n6c7ccccc7c7ccccc76)c5cc43)cc2c1.c1cc(-n2c3ccccc3c3ccccc32)c2cc3c(cc2c1)c1ccccc1n3-c1cccc2c(-c3nc4ccccc4nc3-c3ccc4sc5ccccc5c4c3)cccc12. The summed E-state index contributed by atoms with van der Waals surface area (Å²) in [6.07, 6.45) is 0. The van der Waals surface area contributed by atoms with Gasteiger partial charge in [-0.1, -0.05) is 255 Å². The van der Waals surface area contributed by atoms with E-state index >= 15 is 0 Å². The summed E-state index contributed by atoms with van der Waals surface area (Å²) >= 11 is 1.83. The van der Waals surface area contributed by atoms with Crippen LogP contribution in [0.4, 0.5) is 0 Å². The van der Waals surface area contributed by atoms with Crippen LogP contribution in [0.3, 0.4) is 0 Å². The van der Waals surface area contributed by atoms with Gasteiger partial charge in [-0.3, -0.25) is 0 Å². The zero-order valence-corrected chi connectivity index (χ0v) is 68.5. The molecule has 0 unspecified atom stereocenters. The Morgan fingerprint density at radius 2 is 0.556 bits per heavy atom. The lowest BCUT2D eigenvalue weighted by atomic mass is 9.96. The van der Waals surface area contributed by atoms with Crippen molar-refractivity contribution in [2.24, 2.45) is 0 Å². The summed E-state index contributed by atoms with van der Waals surface area (Å²) in [6.45, 7) is 0. The molecule has 0 radical (unpaired) electrons. The zero-order valence-electron chi connectivity index (χ0n) is 67.7.